The monoisotopic (exact) mass is 1030 g/mol. The van der Waals surface area contributed by atoms with Gasteiger partial charge in [-0.2, -0.15) is 0 Å². The van der Waals surface area contributed by atoms with Gasteiger partial charge < -0.3 is 45.8 Å². The maximum Gasteiger partial charge on any atom is 0.269 e. The van der Waals surface area contributed by atoms with Crippen molar-refractivity contribution in [1.29, 1.82) is 0 Å². The van der Waals surface area contributed by atoms with Crippen molar-refractivity contribution in [3.05, 3.63) is 99.2 Å². The quantitative estimate of drug-likeness (QED) is 0.0679. The fourth-order valence-electron chi connectivity index (χ4n) is 5.04. The van der Waals surface area contributed by atoms with Gasteiger partial charge in [0.1, 0.15) is 17.2 Å². The summed E-state index contributed by atoms with van der Waals surface area (Å²) in [7, 11) is 0. The first-order valence-electron chi connectivity index (χ1n) is 15.1. The maximum atomic E-state index is 13.0. The van der Waals surface area contributed by atoms with Crippen LogP contribution in [0.3, 0.4) is 0 Å². The highest BCUT2D eigenvalue weighted by molar-refractivity contribution is 9.11. The van der Waals surface area contributed by atoms with E-state index in [4.69, 9.17) is 9.47 Å². The number of phenols is 2. The number of amides is 2. The van der Waals surface area contributed by atoms with E-state index >= 15 is 0 Å². The molecule has 0 saturated carbocycles. The second-order valence-electron chi connectivity index (χ2n) is 11.3. The minimum atomic E-state index is -1.16. The number of nitrogens with one attached hydrogen (secondary N) is 2. The summed E-state index contributed by atoms with van der Waals surface area (Å²) in [6.07, 6.45) is -1.06. The first kappa shape index (κ1) is 39.5. The summed E-state index contributed by atoms with van der Waals surface area (Å²) >= 11 is 17.0. The summed E-state index contributed by atoms with van der Waals surface area (Å²) in [4.78, 5) is 26.0. The summed E-state index contributed by atoms with van der Waals surface area (Å²) in [5.74, 6) is -1.06. The van der Waals surface area contributed by atoms with Crippen molar-refractivity contribution < 1.29 is 44.8 Å². The highest BCUT2D eigenvalue weighted by atomic mass is 79.9. The van der Waals surface area contributed by atoms with E-state index in [9.17, 15) is 35.3 Å². The number of oxime groups is 2. The number of aromatic hydroxyl groups is 2. The summed E-state index contributed by atoms with van der Waals surface area (Å²) in [6, 6.07) is 14.3. The Morgan fingerprint density at radius 2 is 1.15 bits per heavy atom. The number of ether oxygens (including phenoxy) is 2. The molecule has 0 saturated heterocycles. The molecular weight excluding hydrogens is 1010 g/mol. The van der Waals surface area contributed by atoms with Gasteiger partial charge in [0.05, 0.1) is 28.5 Å². The van der Waals surface area contributed by atoms with Gasteiger partial charge in [-0.25, -0.2) is 0 Å². The molecule has 4 aliphatic heterocycles. The number of halogens is 5. The third-order valence-electron chi connectivity index (χ3n) is 7.67. The molecule has 0 spiro atoms. The van der Waals surface area contributed by atoms with E-state index in [1.54, 1.807) is 42.5 Å². The second kappa shape index (κ2) is 17.4. The summed E-state index contributed by atoms with van der Waals surface area (Å²) < 4.78 is 13.9. The number of phenolic OH excluding ortho intramolecular Hbond substituents is 2. The topological polar surface area (TPSA) is 203 Å². The second-order valence-corrected chi connectivity index (χ2v) is 15.6. The van der Waals surface area contributed by atoms with Gasteiger partial charge in [0.2, 0.25) is 0 Å². The molecule has 52 heavy (non-hydrogen) atoms. The molecule has 272 valence electrons. The van der Waals surface area contributed by atoms with Crippen molar-refractivity contribution in [3.8, 4) is 34.5 Å². The highest BCUT2D eigenvalue weighted by Gasteiger charge is 2.22. The van der Waals surface area contributed by atoms with E-state index < -0.39 is 17.9 Å². The van der Waals surface area contributed by atoms with Crippen LogP contribution < -0.4 is 20.1 Å². The van der Waals surface area contributed by atoms with Crippen LogP contribution in [0.15, 0.2) is 87.3 Å². The van der Waals surface area contributed by atoms with Crippen LogP contribution in [0.5, 0.6) is 34.5 Å². The smallest absolute Gasteiger partial charge is 0.269 e. The van der Waals surface area contributed by atoms with Crippen molar-refractivity contribution in [2.45, 2.75) is 25.4 Å². The van der Waals surface area contributed by atoms with Crippen molar-refractivity contribution in [3.63, 3.8) is 0 Å². The molecule has 7 N–H and O–H groups in total. The van der Waals surface area contributed by atoms with Gasteiger partial charge in [0, 0.05) is 25.9 Å². The summed E-state index contributed by atoms with van der Waals surface area (Å²) in [5.41, 5.74) is 1.69. The minimum Gasteiger partial charge on any atom is -0.503 e. The van der Waals surface area contributed by atoms with Gasteiger partial charge >= 0.3 is 0 Å². The molecule has 2 amide bonds. The van der Waals surface area contributed by atoms with Gasteiger partial charge in [0.15, 0.2) is 28.7 Å². The van der Waals surface area contributed by atoms with Crippen molar-refractivity contribution in [1.82, 2.24) is 10.6 Å². The Hall–Kier alpha value is -3.68. The lowest BCUT2D eigenvalue weighted by Gasteiger charge is -2.17. The SMILES string of the molecule is O=C1NCCc2cc(Br)c(O)c(c2)Oc2ccc(cc2Br)[C@@H](O)CNC(=O)/C(=N\O)Cc2cc(Br)c(O)c(c2)Oc2c(Br)cc(cc2Br)C/C1=N/O. The Morgan fingerprint density at radius 3 is 1.75 bits per heavy atom. The van der Waals surface area contributed by atoms with Crippen molar-refractivity contribution in [2.24, 2.45) is 10.3 Å². The van der Waals surface area contributed by atoms with E-state index in [0.717, 1.165) is 0 Å². The van der Waals surface area contributed by atoms with E-state index in [1.165, 1.54) is 12.1 Å². The molecule has 0 radical (unpaired) electrons. The molecule has 0 aliphatic carbocycles. The number of aliphatic hydroxyl groups is 1. The number of hydrogen-bond donors (Lipinski definition) is 7. The van der Waals surface area contributed by atoms with E-state index in [2.05, 4.69) is 101 Å². The molecule has 4 heterocycles. The molecule has 4 aliphatic rings. The molecule has 0 fully saturated rings. The molecule has 18 heteroatoms. The molecule has 13 nitrogen and oxygen atoms in total. The van der Waals surface area contributed by atoms with E-state index in [0.29, 0.717) is 52.3 Å². The van der Waals surface area contributed by atoms with Crippen LogP contribution in [0.1, 0.15) is 28.4 Å². The Balaban J connectivity index is 1.49. The van der Waals surface area contributed by atoms with E-state index in [-0.39, 0.29) is 70.6 Å². The number of rotatable bonds is 0. The van der Waals surface area contributed by atoms with Crippen LogP contribution in [-0.2, 0) is 28.9 Å². The average Bonchev–Trinajstić information content (AvgIpc) is 3.10. The molecule has 0 unspecified atom stereocenters. The number of carbonyl (C=O) groups is 2. The Labute approximate surface area is 338 Å². The highest BCUT2D eigenvalue weighted by Crippen LogP contribution is 2.44. The minimum absolute atomic E-state index is 0.00238. The molecule has 0 aromatic heterocycles. The molecule has 8 rings (SSSR count). The largest absolute Gasteiger partial charge is 0.503 e. The zero-order chi connectivity index (χ0) is 37.7. The van der Waals surface area contributed by atoms with Gasteiger partial charge in [0.25, 0.3) is 11.8 Å². The zero-order valence-electron chi connectivity index (χ0n) is 26.5. The van der Waals surface area contributed by atoms with E-state index in [1.807, 2.05) is 0 Å². The predicted molar refractivity (Wildman–Crippen MR) is 208 cm³/mol. The molecule has 1 atom stereocenters. The van der Waals surface area contributed by atoms with Crippen LogP contribution in [0.25, 0.3) is 0 Å². The summed E-state index contributed by atoms with van der Waals surface area (Å²) in [5, 5.41) is 63.5. The fourth-order valence-corrected chi connectivity index (χ4v) is 7.94. The van der Waals surface area contributed by atoms with Crippen LogP contribution in [0.2, 0.25) is 0 Å². The first-order chi connectivity index (χ1) is 24.8. The lowest BCUT2D eigenvalue weighted by atomic mass is 10.1. The third kappa shape index (κ3) is 9.45. The molecular formula is C34H27Br5N4O9. The fraction of sp³-hybridized carbons (Fsp3) is 0.176. The summed E-state index contributed by atoms with van der Waals surface area (Å²) in [6.45, 7) is -0.0700. The molecule has 4 aromatic carbocycles. The van der Waals surface area contributed by atoms with Crippen molar-refractivity contribution >= 4 is 103 Å². The first-order valence-corrected chi connectivity index (χ1v) is 19.1. The predicted octanol–water partition coefficient (Wildman–Crippen LogP) is 7.76. The standard InChI is InChI=1S/C34H27Br5N4O9/c35-19-13-18-1-2-27(19)51-28-11-15(5-20(36)30(28)45)3-4-40-33(47)24(42-49)9-16-7-22(38)32(23(39)8-16)52-29-12-17(6-21(37)31(29)46)10-25(43-50)34(48)41-14-26(18)44/h1-2,5-8,11-13,26,44-46,49-50H,3-4,9-10,14H2,(H,40,47)(H,41,48)/b42-24-,43-25-/t26-/m0/s1. The van der Waals surface area contributed by atoms with Gasteiger partial charge in [-0.05, 0) is 157 Å². The number of hydrogen-bond acceptors (Lipinski definition) is 11. The average molecular weight is 1040 g/mol. The van der Waals surface area contributed by atoms with Crippen LogP contribution in [0, 0.1) is 0 Å². The van der Waals surface area contributed by atoms with Crippen LogP contribution in [-0.4, -0.2) is 62.1 Å². The Morgan fingerprint density at radius 1 is 0.635 bits per heavy atom. The van der Waals surface area contributed by atoms with Crippen LogP contribution in [0.4, 0.5) is 0 Å². The van der Waals surface area contributed by atoms with Gasteiger partial charge in [-0.3, -0.25) is 9.59 Å². The lowest BCUT2D eigenvalue weighted by molar-refractivity contribution is -0.116. The van der Waals surface area contributed by atoms with Crippen LogP contribution >= 0.6 is 79.6 Å². The molecule has 4 aromatic rings. The third-order valence-corrected chi connectivity index (χ3v) is 10.7. The Kier molecular flexibility index (Phi) is 13.2. The zero-order valence-corrected chi connectivity index (χ0v) is 34.4. The number of aliphatic hydroxyl groups excluding tert-OH is 1. The Bertz CT molecular complexity index is 2090. The van der Waals surface area contributed by atoms with Crippen molar-refractivity contribution in [2.75, 3.05) is 13.1 Å². The van der Waals surface area contributed by atoms with Gasteiger partial charge in [-0.1, -0.05) is 16.4 Å². The maximum absolute atomic E-state index is 13.0. The number of benzene rings is 4. The number of carbonyl (C=O) groups excluding carboxylic acids is 2. The number of nitrogens with zero attached hydrogens (tertiary/aromatic N) is 2. The normalized spacial score (nSPS) is 17.5. The van der Waals surface area contributed by atoms with Gasteiger partial charge in [-0.15, -0.1) is 0 Å². The lowest BCUT2D eigenvalue weighted by Crippen LogP contribution is -2.35. The molecule has 8 bridgehead atoms.